The summed E-state index contributed by atoms with van der Waals surface area (Å²) in [5.74, 6) is 1.96. The van der Waals surface area contributed by atoms with E-state index in [1.807, 2.05) is 52.0 Å². The average molecular weight is 443 g/mol. The first kappa shape index (κ1) is 32.4. The topological polar surface area (TPSA) is 9.23 Å². The molecule has 0 atom stereocenters. The van der Waals surface area contributed by atoms with Crippen molar-refractivity contribution in [3.8, 4) is 5.75 Å². The molecule has 0 saturated heterocycles. The Kier molecular flexibility index (Phi) is 24.2. The predicted octanol–water partition coefficient (Wildman–Crippen LogP) is 10.7. The third-order valence-electron chi connectivity index (χ3n) is 5.40. The molecule has 0 bridgehead atoms. The van der Waals surface area contributed by atoms with E-state index < -0.39 is 0 Å². The summed E-state index contributed by atoms with van der Waals surface area (Å²) >= 11 is 0. The molecule has 0 radical (unpaired) electrons. The summed E-state index contributed by atoms with van der Waals surface area (Å²) in [5, 5.41) is 0. The Morgan fingerprint density at radius 1 is 1.00 bits per heavy atom. The number of allylic oxidation sites excluding steroid dienone is 6. The number of methoxy groups -OCH3 is 1. The summed E-state index contributed by atoms with van der Waals surface area (Å²) in [5.41, 5.74) is 4.30. The van der Waals surface area contributed by atoms with Crippen molar-refractivity contribution in [1.29, 1.82) is 0 Å². The maximum absolute atomic E-state index is 5.00. The Balaban J connectivity index is 0. The van der Waals surface area contributed by atoms with E-state index in [9.17, 15) is 0 Å². The summed E-state index contributed by atoms with van der Waals surface area (Å²) in [6.07, 6.45) is 21.1. The molecule has 0 N–H and O–H groups in total. The normalized spacial score (nSPS) is 14.8. The van der Waals surface area contributed by atoms with Gasteiger partial charge in [0, 0.05) is 0 Å². The summed E-state index contributed by atoms with van der Waals surface area (Å²) in [7, 11) is 1.68. The lowest BCUT2D eigenvalue weighted by Gasteiger charge is -2.15. The molecule has 0 unspecified atom stereocenters. The van der Waals surface area contributed by atoms with Crippen LogP contribution in [0.25, 0.3) is 0 Å². The zero-order valence-electron chi connectivity index (χ0n) is 23.0. The van der Waals surface area contributed by atoms with Gasteiger partial charge in [-0.25, -0.2) is 0 Å². The van der Waals surface area contributed by atoms with E-state index >= 15 is 0 Å². The second kappa shape index (κ2) is 23.9. The van der Waals surface area contributed by atoms with Crippen molar-refractivity contribution in [2.24, 2.45) is 5.92 Å². The Bertz CT molecular complexity index is 615. The summed E-state index contributed by atoms with van der Waals surface area (Å²) in [4.78, 5) is 0. The van der Waals surface area contributed by atoms with Crippen molar-refractivity contribution >= 4 is 0 Å². The van der Waals surface area contributed by atoms with Gasteiger partial charge in [-0.15, -0.1) is 0 Å². The first-order valence-corrected chi connectivity index (χ1v) is 13.1. The maximum atomic E-state index is 5.00. The van der Waals surface area contributed by atoms with Crippen LogP contribution >= 0.6 is 0 Å². The highest BCUT2D eigenvalue weighted by molar-refractivity contribution is 5.34. The van der Waals surface area contributed by atoms with Crippen LogP contribution < -0.4 is 4.74 Å². The van der Waals surface area contributed by atoms with Crippen molar-refractivity contribution in [1.82, 2.24) is 0 Å². The van der Waals surface area contributed by atoms with Gasteiger partial charge < -0.3 is 4.74 Å². The van der Waals surface area contributed by atoms with E-state index in [1.165, 1.54) is 62.5 Å². The van der Waals surface area contributed by atoms with Gasteiger partial charge >= 0.3 is 0 Å². The third-order valence-corrected chi connectivity index (χ3v) is 5.40. The highest BCUT2D eigenvalue weighted by Gasteiger charge is 2.06. The second-order valence-electron chi connectivity index (χ2n) is 8.34. The van der Waals surface area contributed by atoms with Gasteiger partial charge in [-0.05, 0) is 69.2 Å². The van der Waals surface area contributed by atoms with E-state index in [2.05, 4.69) is 52.0 Å². The van der Waals surface area contributed by atoms with Gasteiger partial charge in [-0.2, -0.15) is 0 Å². The molecular formula is C31H54O. The number of rotatable bonds is 4. The number of ether oxygens (including phenoxy) is 1. The minimum atomic E-state index is 0.926. The molecule has 0 heterocycles. The van der Waals surface area contributed by atoms with Crippen LogP contribution in [0.15, 0.2) is 59.7 Å². The largest absolute Gasteiger partial charge is 0.497 e. The SMILES string of the molecule is C/C=C/CC.CC.CC1CCCCC1.CCCC1=CCC=C1C.COc1cccc(C)c1. The molecule has 0 aromatic heterocycles. The van der Waals surface area contributed by atoms with Crippen LogP contribution in [-0.4, -0.2) is 7.11 Å². The Morgan fingerprint density at radius 2 is 1.66 bits per heavy atom. The van der Waals surface area contributed by atoms with Gasteiger partial charge in [0.15, 0.2) is 0 Å². The molecule has 1 aromatic rings. The Hall–Kier alpha value is -1.76. The van der Waals surface area contributed by atoms with Crippen LogP contribution in [0.4, 0.5) is 0 Å². The van der Waals surface area contributed by atoms with E-state index in [1.54, 1.807) is 12.7 Å². The fourth-order valence-corrected chi connectivity index (χ4v) is 3.52. The standard InChI is InChI=1S/C9H14.C8H10O.C7H14.C5H10.C2H6/c1-3-5-9-7-4-6-8(9)2;1-7-4-3-5-8(6-7)9-2;1-7-5-3-2-4-6-7;1-3-5-4-2;1-2/h6-7H,3-5H2,1-2H3;3-6H,1-2H3;7H,2-6H2,1H3;3,5H,4H2,1-2H3;1-2H3/b;;;5-3+;. The highest BCUT2D eigenvalue weighted by atomic mass is 16.5. The van der Waals surface area contributed by atoms with Crippen molar-refractivity contribution in [3.05, 3.63) is 65.3 Å². The predicted molar refractivity (Wildman–Crippen MR) is 148 cm³/mol. The van der Waals surface area contributed by atoms with Crippen LogP contribution in [0, 0.1) is 12.8 Å². The maximum Gasteiger partial charge on any atom is 0.119 e. The summed E-state index contributed by atoms with van der Waals surface area (Å²) in [6.45, 7) is 17.0. The van der Waals surface area contributed by atoms with Crippen molar-refractivity contribution < 1.29 is 4.74 Å². The number of hydrogen-bond acceptors (Lipinski definition) is 1. The monoisotopic (exact) mass is 442 g/mol. The van der Waals surface area contributed by atoms with Crippen molar-refractivity contribution in [2.45, 2.75) is 113 Å². The van der Waals surface area contributed by atoms with E-state index in [0.29, 0.717) is 0 Å². The van der Waals surface area contributed by atoms with Crippen molar-refractivity contribution in [3.63, 3.8) is 0 Å². The molecule has 0 spiro atoms. The van der Waals surface area contributed by atoms with Gasteiger partial charge in [0.05, 0.1) is 7.11 Å². The molecule has 1 aromatic carbocycles. The van der Waals surface area contributed by atoms with E-state index in [4.69, 9.17) is 4.74 Å². The third kappa shape index (κ3) is 19.0. The number of benzene rings is 1. The minimum absolute atomic E-state index is 0.926. The number of hydrogen-bond donors (Lipinski definition) is 0. The minimum Gasteiger partial charge on any atom is -0.497 e. The lowest BCUT2D eigenvalue weighted by Crippen LogP contribution is -1.99. The first-order chi connectivity index (χ1) is 15.5. The molecule has 2 aliphatic rings. The van der Waals surface area contributed by atoms with Crippen LogP contribution in [0.3, 0.4) is 0 Å². The molecule has 1 nitrogen and oxygen atoms in total. The van der Waals surface area contributed by atoms with E-state index in [-0.39, 0.29) is 0 Å². The second-order valence-corrected chi connectivity index (χ2v) is 8.34. The average Bonchev–Trinajstić information content (AvgIpc) is 3.22. The fraction of sp³-hybridized carbons (Fsp3) is 0.613. The lowest BCUT2D eigenvalue weighted by molar-refractivity contribution is 0.385. The molecule has 32 heavy (non-hydrogen) atoms. The van der Waals surface area contributed by atoms with Gasteiger partial charge in [0.2, 0.25) is 0 Å². The highest BCUT2D eigenvalue weighted by Crippen LogP contribution is 2.22. The lowest BCUT2D eigenvalue weighted by atomic mass is 9.91. The molecule has 3 rings (SSSR count). The van der Waals surface area contributed by atoms with Crippen LogP contribution in [0.1, 0.15) is 112 Å². The van der Waals surface area contributed by atoms with E-state index in [0.717, 1.165) is 18.1 Å². The van der Waals surface area contributed by atoms with Gasteiger partial charge in [0.25, 0.3) is 0 Å². The fourth-order valence-electron chi connectivity index (χ4n) is 3.52. The van der Waals surface area contributed by atoms with Gasteiger partial charge in [0.1, 0.15) is 5.75 Å². The van der Waals surface area contributed by atoms with Gasteiger partial charge in [-0.1, -0.05) is 115 Å². The number of aryl methyl sites for hydroxylation is 1. The molecule has 1 saturated carbocycles. The molecule has 2 aliphatic carbocycles. The van der Waals surface area contributed by atoms with Crippen molar-refractivity contribution in [2.75, 3.05) is 7.11 Å². The van der Waals surface area contributed by atoms with Crippen LogP contribution in [-0.2, 0) is 0 Å². The molecule has 1 fully saturated rings. The summed E-state index contributed by atoms with van der Waals surface area (Å²) < 4.78 is 5.00. The molecule has 184 valence electrons. The molecule has 1 heteroatoms. The van der Waals surface area contributed by atoms with Crippen LogP contribution in [0.2, 0.25) is 0 Å². The summed E-state index contributed by atoms with van der Waals surface area (Å²) in [6, 6.07) is 7.96. The first-order valence-electron chi connectivity index (χ1n) is 13.1. The Labute approximate surface area is 202 Å². The quantitative estimate of drug-likeness (QED) is 0.421. The zero-order chi connectivity index (χ0) is 24.6. The zero-order valence-corrected chi connectivity index (χ0v) is 23.0. The molecule has 0 amide bonds. The smallest absolute Gasteiger partial charge is 0.119 e. The van der Waals surface area contributed by atoms with Gasteiger partial charge in [-0.3, -0.25) is 0 Å². The molecule has 0 aliphatic heterocycles. The van der Waals surface area contributed by atoms with Crippen LogP contribution in [0.5, 0.6) is 5.75 Å². The molecular weight excluding hydrogens is 388 g/mol. The Morgan fingerprint density at radius 3 is 1.97 bits per heavy atom.